The highest BCUT2D eigenvalue weighted by atomic mass is 127. The number of morpholine rings is 1. The van der Waals surface area contributed by atoms with Gasteiger partial charge in [-0.2, -0.15) is 5.10 Å². The standard InChI is InChI=1S/C16H19I2N3O3/c1-2-5-24-16-13(17)8-12(9-14(16)18)10-19-20-15(22)11-21-3-6-23-7-4-21/h2,8-10H,1,3-7,11H2,(H,20,22)/b19-10-. The SMILES string of the molecule is C=CCOc1c(I)cc(/C=N\NC(=O)CN2CCOCC2)cc1I. The van der Waals surface area contributed by atoms with E-state index in [1.54, 1.807) is 12.3 Å². The Balaban J connectivity index is 1.89. The second kappa shape index (κ2) is 10.3. The molecule has 0 unspecified atom stereocenters. The number of hydrogen-bond acceptors (Lipinski definition) is 5. The van der Waals surface area contributed by atoms with E-state index in [0.717, 1.165) is 31.5 Å². The van der Waals surface area contributed by atoms with Crippen LogP contribution in [0.5, 0.6) is 5.75 Å². The van der Waals surface area contributed by atoms with Crippen molar-refractivity contribution in [1.29, 1.82) is 0 Å². The molecule has 1 aromatic rings. The van der Waals surface area contributed by atoms with Crippen molar-refractivity contribution in [3.8, 4) is 5.75 Å². The highest BCUT2D eigenvalue weighted by molar-refractivity contribution is 14.1. The van der Waals surface area contributed by atoms with Gasteiger partial charge in [0.15, 0.2) is 0 Å². The van der Waals surface area contributed by atoms with E-state index in [1.807, 2.05) is 17.0 Å². The molecule has 0 bridgehead atoms. The van der Waals surface area contributed by atoms with E-state index in [4.69, 9.17) is 9.47 Å². The Bertz CT molecular complexity index is 594. The fourth-order valence-electron chi connectivity index (χ4n) is 2.11. The van der Waals surface area contributed by atoms with Crippen molar-refractivity contribution >= 4 is 57.3 Å². The molecule has 6 nitrogen and oxygen atoms in total. The van der Waals surface area contributed by atoms with Gasteiger partial charge in [0.05, 0.1) is 33.1 Å². The summed E-state index contributed by atoms with van der Waals surface area (Å²) in [7, 11) is 0. The minimum absolute atomic E-state index is 0.122. The lowest BCUT2D eigenvalue weighted by Gasteiger charge is -2.25. The highest BCUT2D eigenvalue weighted by Crippen LogP contribution is 2.28. The maximum Gasteiger partial charge on any atom is 0.254 e. The van der Waals surface area contributed by atoms with E-state index in [9.17, 15) is 4.79 Å². The predicted octanol–water partition coefficient (Wildman–Crippen LogP) is 2.24. The average molecular weight is 555 g/mol. The molecule has 8 heteroatoms. The number of hydrogen-bond donors (Lipinski definition) is 1. The molecule has 0 saturated carbocycles. The second-order valence-corrected chi connectivity index (χ2v) is 7.42. The Morgan fingerprint density at radius 1 is 1.38 bits per heavy atom. The van der Waals surface area contributed by atoms with Gasteiger partial charge in [0.25, 0.3) is 5.91 Å². The molecule has 24 heavy (non-hydrogen) atoms. The predicted molar refractivity (Wildman–Crippen MR) is 111 cm³/mol. The Labute approximate surface area is 168 Å². The molecule has 1 aromatic carbocycles. The van der Waals surface area contributed by atoms with E-state index in [1.165, 1.54) is 0 Å². The van der Waals surface area contributed by atoms with Crippen LogP contribution in [0, 0.1) is 7.14 Å². The van der Waals surface area contributed by atoms with Crippen LogP contribution in [0.15, 0.2) is 29.9 Å². The van der Waals surface area contributed by atoms with Crippen LogP contribution in [0.3, 0.4) is 0 Å². The molecule has 0 spiro atoms. The van der Waals surface area contributed by atoms with Crippen LogP contribution in [-0.2, 0) is 9.53 Å². The molecular formula is C16H19I2N3O3. The van der Waals surface area contributed by atoms with Gasteiger partial charge in [-0.25, -0.2) is 5.43 Å². The van der Waals surface area contributed by atoms with Crippen molar-refractivity contribution in [2.45, 2.75) is 0 Å². The maximum absolute atomic E-state index is 11.9. The number of rotatable bonds is 7. The van der Waals surface area contributed by atoms with Crippen LogP contribution in [0.2, 0.25) is 0 Å². The molecule has 1 saturated heterocycles. The van der Waals surface area contributed by atoms with Crippen LogP contribution in [0.4, 0.5) is 0 Å². The topological polar surface area (TPSA) is 63.2 Å². The summed E-state index contributed by atoms with van der Waals surface area (Å²) in [5.74, 6) is 0.716. The van der Waals surface area contributed by atoms with E-state index < -0.39 is 0 Å². The van der Waals surface area contributed by atoms with Crippen LogP contribution in [0.25, 0.3) is 0 Å². The molecule has 1 N–H and O–H groups in total. The molecule has 1 aliphatic heterocycles. The first-order valence-corrected chi connectivity index (χ1v) is 9.60. The third-order valence-electron chi connectivity index (χ3n) is 3.24. The third kappa shape index (κ3) is 6.30. The van der Waals surface area contributed by atoms with Gasteiger partial charge in [0.2, 0.25) is 0 Å². The number of hydrazone groups is 1. The average Bonchev–Trinajstić information content (AvgIpc) is 2.55. The molecule has 1 heterocycles. The minimum Gasteiger partial charge on any atom is -0.487 e. The Morgan fingerprint density at radius 2 is 2.04 bits per heavy atom. The quantitative estimate of drug-likeness (QED) is 0.243. The van der Waals surface area contributed by atoms with Crippen molar-refractivity contribution < 1.29 is 14.3 Å². The molecule has 1 fully saturated rings. The number of carbonyl (C=O) groups excluding carboxylic acids is 1. The van der Waals surface area contributed by atoms with E-state index in [2.05, 4.69) is 62.3 Å². The fourth-order valence-corrected chi connectivity index (χ4v) is 4.24. The summed E-state index contributed by atoms with van der Waals surface area (Å²) in [5.41, 5.74) is 3.47. The molecule has 130 valence electrons. The molecule has 0 atom stereocenters. The summed E-state index contributed by atoms with van der Waals surface area (Å²) < 4.78 is 12.9. The van der Waals surface area contributed by atoms with Gasteiger partial charge < -0.3 is 9.47 Å². The first-order valence-electron chi connectivity index (χ1n) is 7.45. The Kier molecular flexibility index (Phi) is 8.42. The number of nitrogens with one attached hydrogen (secondary N) is 1. The van der Waals surface area contributed by atoms with Crippen molar-refractivity contribution in [3.05, 3.63) is 37.5 Å². The lowest BCUT2D eigenvalue weighted by molar-refractivity contribution is -0.123. The van der Waals surface area contributed by atoms with Crippen LogP contribution in [0.1, 0.15) is 5.56 Å². The molecule has 0 aromatic heterocycles. The van der Waals surface area contributed by atoms with Gasteiger partial charge >= 0.3 is 0 Å². The van der Waals surface area contributed by atoms with Gasteiger partial charge in [-0.05, 0) is 62.9 Å². The summed E-state index contributed by atoms with van der Waals surface area (Å²) >= 11 is 4.44. The summed E-state index contributed by atoms with van der Waals surface area (Å²) in [6, 6.07) is 3.91. The number of amides is 1. The van der Waals surface area contributed by atoms with Crippen molar-refractivity contribution in [1.82, 2.24) is 10.3 Å². The molecule has 0 radical (unpaired) electrons. The Hall–Kier alpha value is -0.720. The zero-order valence-electron chi connectivity index (χ0n) is 13.1. The van der Waals surface area contributed by atoms with Crippen LogP contribution >= 0.6 is 45.2 Å². The zero-order valence-corrected chi connectivity index (χ0v) is 17.4. The monoisotopic (exact) mass is 555 g/mol. The molecular weight excluding hydrogens is 536 g/mol. The Morgan fingerprint density at radius 3 is 2.67 bits per heavy atom. The lowest BCUT2D eigenvalue weighted by atomic mass is 10.2. The largest absolute Gasteiger partial charge is 0.487 e. The summed E-state index contributed by atoms with van der Waals surface area (Å²) in [6.45, 7) is 7.36. The van der Waals surface area contributed by atoms with E-state index in [0.29, 0.717) is 26.4 Å². The molecule has 1 amide bonds. The number of ether oxygens (including phenoxy) is 2. The summed E-state index contributed by atoms with van der Waals surface area (Å²) in [5, 5.41) is 4.03. The van der Waals surface area contributed by atoms with Crippen molar-refractivity contribution in [3.63, 3.8) is 0 Å². The first kappa shape index (κ1) is 19.6. The van der Waals surface area contributed by atoms with Crippen molar-refractivity contribution in [2.24, 2.45) is 5.10 Å². The highest BCUT2D eigenvalue weighted by Gasteiger charge is 2.13. The van der Waals surface area contributed by atoms with Crippen molar-refractivity contribution in [2.75, 3.05) is 39.5 Å². The fraction of sp³-hybridized carbons (Fsp3) is 0.375. The van der Waals surface area contributed by atoms with Gasteiger partial charge in [-0.15, -0.1) is 0 Å². The smallest absolute Gasteiger partial charge is 0.254 e. The summed E-state index contributed by atoms with van der Waals surface area (Å²) in [4.78, 5) is 13.9. The third-order valence-corrected chi connectivity index (χ3v) is 4.84. The van der Waals surface area contributed by atoms with Gasteiger partial charge in [-0.3, -0.25) is 9.69 Å². The lowest BCUT2D eigenvalue weighted by Crippen LogP contribution is -2.42. The molecule has 1 aliphatic rings. The van der Waals surface area contributed by atoms with Crippen LogP contribution in [-0.4, -0.2) is 56.5 Å². The van der Waals surface area contributed by atoms with Gasteiger partial charge in [0.1, 0.15) is 12.4 Å². The normalized spacial score (nSPS) is 15.4. The van der Waals surface area contributed by atoms with Gasteiger partial charge in [-0.1, -0.05) is 12.7 Å². The number of halogens is 2. The van der Waals surface area contributed by atoms with Gasteiger partial charge in [0, 0.05) is 13.1 Å². The zero-order chi connectivity index (χ0) is 17.4. The first-order chi connectivity index (χ1) is 11.6. The molecule has 2 rings (SSSR count). The minimum atomic E-state index is -0.122. The van der Waals surface area contributed by atoms with Crippen LogP contribution < -0.4 is 10.2 Å². The number of carbonyl (C=O) groups is 1. The molecule has 0 aliphatic carbocycles. The van der Waals surface area contributed by atoms with E-state index in [-0.39, 0.29) is 5.91 Å². The second-order valence-electron chi connectivity index (χ2n) is 5.10. The van der Waals surface area contributed by atoms with E-state index >= 15 is 0 Å². The maximum atomic E-state index is 11.9. The number of nitrogens with zero attached hydrogens (tertiary/aromatic N) is 2. The summed E-state index contributed by atoms with van der Waals surface area (Å²) in [6.07, 6.45) is 3.35. The number of benzene rings is 1.